The highest BCUT2D eigenvalue weighted by atomic mass is 16.2. The van der Waals surface area contributed by atoms with Crippen molar-refractivity contribution in [3.8, 4) is 5.69 Å². The molecule has 2 heterocycles. The van der Waals surface area contributed by atoms with Gasteiger partial charge < -0.3 is 9.88 Å². The van der Waals surface area contributed by atoms with Gasteiger partial charge in [0.25, 0.3) is 5.56 Å². The molecule has 1 aliphatic carbocycles. The van der Waals surface area contributed by atoms with E-state index in [-0.39, 0.29) is 17.0 Å². The van der Waals surface area contributed by atoms with Crippen molar-refractivity contribution < 1.29 is 4.79 Å². The van der Waals surface area contributed by atoms with Gasteiger partial charge in [-0.1, -0.05) is 12.1 Å². The molecule has 1 aliphatic rings. The summed E-state index contributed by atoms with van der Waals surface area (Å²) in [4.78, 5) is 36.3. The number of carbonyl (C=O) groups is 1. The van der Waals surface area contributed by atoms with Crippen LogP contribution in [-0.4, -0.2) is 19.5 Å². The van der Waals surface area contributed by atoms with Crippen LogP contribution in [0, 0.1) is 0 Å². The van der Waals surface area contributed by atoms with E-state index in [1.165, 1.54) is 11.6 Å². The minimum atomic E-state index is -0.359. The topological polar surface area (TPSA) is 78.0 Å². The lowest BCUT2D eigenvalue weighted by molar-refractivity contribution is -0.115. The second-order valence-electron chi connectivity index (χ2n) is 6.80. The number of fused-ring (bicyclic) bond motifs is 1. The Morgan fingerprint density at radius 2 is 1.74 bits per heavy atom. The lowest BCUT2D eigenvalue weighted by Gasteiger charge is -2.17. The average molecular weight is 364 g/mol. The molecule has 0 radical (unpaired) electrons. The lowest BCUT2D eigenvalue weighted by Crippen LogP contribution is -2.36. The van der Waals surface area contributed by atoms with Crippen LogP contribution < -0.4 is 16.6 Å². The molecule has 0 bridgehead atoms. The van der Waals surface area contributed by atoms with Gasteiger partial charge in [-0.2, -0.15) is 0 Å². The molecule has 0 fully saturated rings. The standard InChI is InChI=1S/C20H20N4O3/c1-22-18-12-24(11-15(18)19(26)23(2)20(22)27)17-9-4-3-8-16(17)21-13-6-5-7-14(25)10-13/h3-4,8-12,21H,5-7H2,1-2H3. The Balaban J connectivity index is 1.84. The smallest absolute Gasteiger partial charge is 0.330 e. The number of aromatic nitrogens is 3. The van der Waals surface area contributed by atoms with E-state index in [1.807, 2.05) is 28.8 Å². The first kappa shape index (κ1) is 17.1. The Morgan fingerprint density at radius 1 is 0.963 bits per heavy atom. The summed E-state index contributed by atoms with van der Waals surface area (Å²) >= 11 is 0. The summed E-state index contributed by atoms with van der Waals surface area (Å²) in [6, 6.07) is 7.67. The Kier molecular flexibility index (Phi) is 4.07. The van der Waals surface area contributed by atoms with Crippen LogP contribution in [0.2, 0.25) is 0 Å². The first-order valence-corrected chi connectivity index (χ1v) is 8.83. The van der Waals surface area contributed by atoms with Crippen LogP contribution in [-0.2, 0) is 18.9 Å². The summed E-state index contributed by atoms with van der Waals surface area (Å²) in [5.74, 6) is 0.131. The van der Waals surface area contributed by atoms with Crippen LogP contribution in [0.25, 0.3) is 16.6 Å². The summed E-state index contributed by atoms with van der Waals surface area (Å²) in [6.07, 6.45) is 7.42. The van der Waals surface area contributed by atoms with Crippen LogP contribution in [0.5, 0.6) is 0 Å². The second kappa shape index (κ2) is 6.42. The van der Waals surface area contributed by atoms with Crippen LogP contribution in [0.3, 0.4) is 0 Å². The molecule has 3 aromatic rings. The van der Waals surface area contributed by atoms with Gasteiger partial charge in [0.1, 0.15) is 0 Å². The van der Waals surface area contributed by atoms with Gasteiger partial charge >= 0.3 is 5.69 Å². The molecule has 0 amide bonds. The maximum Gasteiger partial charge on any atom is 0.330 e. The van der Waals surface area contributed by atoms with Gasteiger partial charge in [-0.25, -0.2) is 4.79 Å². The molecule has 0 unspecified atom stereocenters. The quantitative estimate of drug-likeness (QED) is 0.772. The Bertz CT molecular complexity index is 1210. The van der Waals surface area contributed by atoms with Crippen molar-refractivity contribution >= 4 is 22.4 Å². The number of nitrogens with one attached hydrogen (secondary N) is 1. The molecule has 0 aliphatic heterocycles. The van der Waals surface area contributed by atoms with Crippen molar-refractivity contribution in [3.05, 3.63) is 69.3 Å². The predicted molar refractivity (Wildman–Crippen MR) is 104 cm³/mol. The molecule has 0 spiro atoms. The summed E-state index contributed by atoms with van der Waals surface area (Å²) < 4.78 is 4.40. The number of hydrogen-bond donors (Lipinski definition) is 1. The maximum atomic E-state index is 12.5. The lowest BCUT2D eigenvalue weighted by atomic mass is 10.0. The molecule has 7 nitrogen and oxygen atoms in total. The zero-order chi connectivity index (χ0) is 19.1. The van der Waals surface area contributed by atoms with Gasteiger partial charge in [-0.3, -0.25) is 18.7 Å². The van der Waals surface area contributed by atoms with Crippen LogP contribution in [0.1, 0.15) is 19.3 Å². The predicted octanol–water partition coefficient (Wildman–Crippen LogP) is 2.08. The monoisotopic (exact) mass is 364 g/mol. The molecule has 0 saturated carbocycles. The molecular weight excluding hydrogens is 344 g/mol. The molecule has 1 N–H and O–H groups in total. The third kappa shape index (κ3) is 2.91. The second-order valence-corrected chi connectivity index (χ2v) is 6.80. The van der Waals surface area contributed by atoms with Crippen LogP contribution >= 0.6 is 0 Å². The largest absolute Gasteiger partial charge is 0.357 e. The van der Waals surface area contributed by atoms with Crippen LogP contribution in [0.4, 0.5) is 5.69 Å². The molecule has 27 heavy (non-hydrogen) atoms. The van der Waals surface area contributed by atoms with Crippen LogP contribution in [0.15, 0.2) is 58.0 Å². The first-order valence-electron chi connectivity index (χ1n) is 8.83. The van der Waals surface area contributed by atoms with Gasteiger partial charge in [-0.15, -0.1) is 0 Å². The van der Waals surface area contributed by atoms with Crippen molar-refractivity contribution in [2.24, 2.45) is 14.1 Å². The fraction of sp³-hybridized carbons (Fsp3) is 0.250. The highest BCUT2D eigenvalue weighted by Crippen LogP contribution is 2.26. The number of carbonyl (C=O) groups excluding carboxylic acids is 1. The molecule has 4 rings (SSSR count). The molecule has 7 heteroatoms. The third-order valence-corrected chi connectivity index (χ3v) is 4.96. The van der Waals surface area contributed by atoms with Crippen molar-refractivity contribution in [2.45, 2.75) is 19.3 Å². The van der Waals surface area contributed by atoms with E-state index in [0.717, 1.165) is 34.5 Å². The molecule has 0 saturated heterocycles. The summed E-state index contributed by atoms with van der Waals surface area (Å²) in [5.41, 5.74) is 2.45. The zero-order valence-corrected chi connectivity index (χ0v) is 15.2. The van der Waals surface area contributed by atoms with E-state index >= 15 is 0 Å². The minimum absolute atomic E-state index is 0.131. The van der Waals surface area contributed by atoms with Crippen molar-refractivity contribution in [1.29, 1.82) is 0 Å². The zero-order valence-electron chi connectivity index (χ0n) is 15.2. The minimum Gasteiger partial charge on any atom is -0.357 e. The van der Waals surface area contributed by atoms with E-state index in [9.17, 15) is 14.4 Å². The summed E-state index contributed by atoms with van der Waals surface area (Å²) in [5, 5.41) is 3.82. The normalized spacial score (nSPS) is 14.4. The van der Waals surface area contributed by atoms with E-state index in [0.29, 0.717) is 17.3 Å². The van der Waals surface area contributed by atoms with E-state index < -0.39 is 0 Å². The molecular formula is C20H20N4O3. The van der Waals surface area contributed by atoms with Crippen molar-refractivity contribution in [2.75, 3.05) is 5.32 Å². The number of allylic oxidation sites excluding steroid dienone is 2. The molecule has 0 atom stereocenters. The Labute approximate surface area is 155 Å². The number of rotatable bonds is 3. The highest BCUT2D eigenvalue weighted by molar-refractivity contribution is 5.91. The van der Waals surface area contributed by atoms with E-state index in [1.54, 1.807) is 25.5 Å². The van der Waals surface area contributed by atoms with E-state index in [4.69, 9.17) is 0 Å². The average Bonchev–Trinajstić information content (AvgIpc) is 3.11. The SMILES string of the molecule is Cn1c(=O)c2cn(-c3ccccc3NC3=CC(=O)CCC3)cc2n(C)c1=O. The van der Waals surface area contributed by atoms with E-state index in [2.05, 4.69) is 5.32 Å². The molecule has 138 valence electrons. The van der Waals surface area contributed by atoms with Gasteiger partial charge in [0.2, 0.25) is 0 Å². The number of benzene rings is 1. The van der Waals surface area contributed by atoms with Crippen molar-refractivity contribution in [3.63, 3.8) is 0 Å². The van der Waals surface area contributed by atoms with Crippen molar-refractivity contribution in [1.82, 2.24) is 13.7 Å². The number of aryl methyl sites for hydroxylation is 1. The number of nitrogens with zero attached hydrogens (tertiary/aromatic N) is 3. The number of ketones is 1. The van der Waals surface area contributed by atoms with Gasteiger partial charge in [0.05, 0.1) is 22.3 Å². The van der Waals surface area contributed by atoms with Gasteiger partial charge in [0, 0.05) is 44.7 Å². The third-order valence-electron chi connectivity index (χ3n) is 4.96. The maximum absolute atomic E-state index is 12.5. The highest BCUT2D eigenvalue weighted by Gasteiger charge is 2.15. The Morgan fingerprint density at radius 3 is 2.52 bits per heavy atom. The van der Waals surface area contributed by atoms with Gasteiger partial charge in [-0.05, 0) is 25.0 Å². The molecule has 1 aromatic carbocycles. The fourth-order valence-corrected chi connectivity index (χ4v) is 3.48. The van der Waals surface area contributed by atoms with Gasteiger partial charge in [0.15, 0.2) is 5.78 Å². The molecule has 2 aromatic heterocycles. The number of para-hydroxylation sites is 2. The fourth-order valence-electron chi connectivity index (χ4n) is 3.48. The summed E-state index contributed by atoms with van der Waals surface area (Å²) in [7, 11) is 3.13. The number of anilines is 1. The first-order chi connectivity index (χ1) is 13.0. The number of hydrogen-bond acceptors (Lipinski definition) is 4. The summed E-state index contributed by atoms with van der Waals surface area (Å²) in [6.45, 7) is 0. The Hall–Kier alpha value is -3.35.